The number of ether oxygens (including phenoxy) is 1. The second-order valence-electron chi connectivity index (χ2n) is 3.28. The van der Waals surface area contributed by atoms with Crippen molar-refractivity contribution in [2.45, 2.75) is 26.4 Å². The Labute approximate surface area is 97.0 Å². The van der Waals surface area contributed by atoms with Crippen LogP contribution in [0.25, 0.3) is 0 Å². The van der Waals surface area contributed by atoms with Gasteiger partial charge in [-0.15, -0.1) is 0 Å². The largest absolute Gasteiger partial charge is 0.368 e. The second-order valence-corrected chi connectivity index (χ2v) is 4.49. The Kier molecular flexibility index (Phi) is 3.86. The van der Waals surface area contributed by atoms with Crippen LogP contribution in [0.5, 0.6) is 0 Å². The Morgan fingerprint density at radius 3 is 2.71 bits per heavy atom. The molecule has 1 heterocycles. The van der Waals surface area contributed by atoms with Crippen LogP contribution in [-0.2, 0) is 10.3 Å². The van der Waals surface area contributed by atoms with E-state index < -0.39 is 5.60 Å². The first kappa shape index (κ1) is 11.9. The van der Waals surface area contributed by atoms with Gasteiger partial charge in [0, 0.05) is 12.8 Å². The van der Waals surface area contributed by atoms with Gasteiger partial charge in [-0.1, -0.05) is 11.6 Å². The first-order valence-corrected chi connectivity index (χ1v) is 5.47. The van der Waals surface area contributed by atoms with E-state index in [4.69, 9.17) is 16.3 Å². The smallest absolute Gasteiger partial charge is 0.161 e. The fourth-order valence-corrected chi connectivity index (χ4v) is 1.38. The molecule has 0 aromatic carbocycles. The van der Waals surface area contributed by atoms with E-state index in [0.29, 0.717) is 22.1 Å². The predicted octanol–water partition coefficient (Wildman–Crippen LogP) is 3.16. The number of hydrogen-bond donors (Lipinski definition) is 0. The molecule has 1 rings (SSSR count). The highest BCUT2D eigenvalue weighted by Gasteiger charge is 2.24. The van der Waals surface area contributed by atoms with E-state index in [-0.39, 0.29) is 0 Å². The van der Waals surface area contributed by atoms with Crippen LogP contribution in [0.3, 0.4) is 0 Å². The SMILES string of the molecule is CCOC(C)(C)c1ncc(Br)c(Cl)n1. The molecule has 0 bridgehead atoms. The molecule has 0 saturated heterocycles. The lowest BCUT2D eigenvalue weighted by atomic mass is 10.1. The minimum Gasteiger partial charge on any atom is -0.368 e. The molecule has 0 N–H and O–H groups in total. The summed E-state index contributed by atoms with van der Waals surface area (Å²) >= 11 is 9.10. The molecule has 14 heavy (non-hydrogen) atoms. The summed E-state index contributed by atoms with van der Waals surface area (Å²) in [5.41, 5.74) is -0.501. The van der Waals surface area contributed by atoms with Gasteiger partial charge >= 0.3 is 0 Å². The van der Waals surface area contributed by atoms with Gasteiger partial charge < -0.3 is 4.74 Å². The topological polar surface area (TPSA) is 35.0 Å². The van der Waals surface area contributed by atoms with Crippen molar-refractivity contribution in [1.29, 1.82) is 0 Å². The van der Waals surface area contributed by atoms with Crippen LogP contribution >= 0.6 is 27.5 Å². The average Bonchev–Trinajstić information content (AvgIpc) is 2.09. The molecule has 5 heteroatoms. The highest BCUT2D eigenvalue weighted by molar-refractivity contribution is 9.10. The fraction of sp³-hybridized carbons (Fsp3) is 0.556. The van der Waals surface area contributed by atoms with Crippen LogP contribution in [0.1, 0.15) is 26.6 Å². The monoisotopic (exact) mass is 278 g/mol. The summed E-state index contributed by atoms with van der Waals surface area (Å²) in [4.78, 5) is 8.31. The molecule has 0 saturated carbocycles. The maximum atomic E-state index is 5.87. The summed E-state index contributed by atoms with van der Waals surface area (Å²) in [6, 6.07) is 0. The molecule has 1 aromatic rings. The predicted molar refractivity (Wildman–Crippen MR) is 59.4 cm³/mol. The lowest BCUT2D eigenvalue weighted by Gasteiger charge is -2.22. The molecule has 0 fully saturated rings. The van der Waals surface area contributed by atoms with Gasteiger partial charge in [-0.25, -0.2) is 9.97 Å². The van der Waals surface area contributed by atoms with E-state index in [1.54, 1.807) is 6.20 Å². The molecule has 0 aliphatic heterocycles. The highest BCUT2D eigenvalue weighted by Crippen LogP contribution is 2.25. The molecule has 0 radical (unpaired) electrons. The highest BCUT2D eigenvalue weighted by atomic mass is 79.9. The van der Waals surface area contributed by atoms with Crippen molar-refractivity contribution in [1.82, 2.24) is 9.97 Å². The molecule has 0 aliphatic carbocycles. The van der Waals surface area contributed by atoms with E-state index in [0.717, 1.165) is 0 Å². The maximum absolute atomic E-state index is 5.87. The molecule has 0 amide bonds. The third-order valence-corrected chi connectivity index (χ3v) is 2.84. The zero-order valence-electron chi connectivity index (χ0n) is 8.34. The molecule has 78 valence electrons. The van der Waals surface area contributed by atoms with E-state index in [1.807, 2.05) is 20.8 Å². The second kappa shape index (κ2) is 4.55. The molecule has 0 spiro atoms. The summed E-state index contributed by atoms with van der Waals surface area (Å²) in [7, 11) is 0. The van der Waals surface area contributed by atoms with Crippen molar-refractivity contribution < 1.29 is 4.74 Å². The maximum Gasteiger partial charge on any atom is 0.161 e. The van der Waals surface area contributed by atoms with Gasteiger partial charge in [-0.2, -0.15) is 0 Å². The van der Waals surface area contributed by atoms with Crippen molar-refractivity contribution in [3.8, 4) is 0 Å². The van der Waals surface area contributed by atoms with E-state index >= 15 is 0 Å². The summed E-state index contributed by atoms with van der Waals surface area (Å²) in [6.07, 6.45) is 1.63. The van der Waals surface area contributed by atoms with Gasteiger partial charge in [0.1, 0.15) is 10.8 Å². The number of aromatic nitrogens is 2. The first-order chi connectivity index (χ1) is 6.47. The molecule has 0 aliphatic rings. The Morgan fingerprint density at radius 1 is 1.57 bits per heavy atom. The van der Waals surface area contributed by atoms with Crippen LogP contribution in [0, 0.1) is 0 Å². The molecule has 0 atom stereocenters. The van der Waals surface area contributed by atoms with Crippen LogP contribution < -0.4 is 0 Å². The van der Waals surface area contributed by atoms with Gasteiger partial charge in [0.05, 0.1) is 4.47 Å². The van der Waals surface area contributed by atoms with Gasteiger partial charge in [0.15, 0.2) is 5.82 Å². The van der Waals surface area contributed by atoms with Crippen LogP contribution in [0.4, 0.5) is 0 Å². The third kappa shape index (κ3) is 2.65. The summed E-state index contributed by atoms with van der Waals surface area (Å²) in [6.45, 7) is 6.37. The third-order valence-electron chi connectivity index (χ3n) is 1.74. The van der Waals surface area contributed by atoms with Crippen molar-refractivity contribution in [2.75, 3.05) is 6.61 Å². The summed E-state index contributed by atoms with van der Waals surface area (Å²) in [5, 5.41) is 0.405. The average molecular weight is 280 g/mol. The zero-order valence-corrected chi connectivity index (χ0v) is 10.7. The van der Waals surface area contributed by atoms with Crippen molar-refractivity contribution in [2.24, 2.45) is 0 Å². The Balaban J connectivity index is 3.01. The lowest BCUT2D eigenvalue weighted by Crippen LogP contribution is -2.24. The summed E-state index contributed by atoms with van der Waals surface area (Å²) in [5.74, 6) is 0.590. The van der Waals surface area contributed by atoms with Crippen molar-refractivity contribution in [3.05, 3.63) is 21.6 Å². The van der Waals surface area contributed by atoms with Gasteiger partial charge in [-0.05, 0) is 36.7 Å². The van der Waals surface area contributed by atoms with Gasteiger partial charge in [0.25, 0.3) is 0 Å². The molecular formula is C9H12BrClN2O. The molecule has 3 nitrogen and oxygen atoms in total. The lowest BCUT2D eigenvalue weighted by molar-refractivity contribution is -0.0208. The molecule has 0 unspecified atom stereocenters. The van der Waals surface area contributed by atoms with Gasteiger partial charge in [0.2, 0.25) is 0 Å². The standard InChI is InChI=1S/C9H12BrClN2O/c1-4-14-9(2,3)8-12-5-6(10)7(11)13-8/h5H,4H2,1-3H3. The number of nitrogens with zero attached hydrogens (tertiary/aromatic N) is 2. The van der Waals surface area contributed by atoms with Crippen LogP contribution in [0.2, 0.25) is 5.15 Å². The van der Waals surface area contributed by atoms with Crippen molar-refractivity contribution >= 4 is 27.5 Å². The minimum absolute atomic E-state index is 0.405. The molecular weight excluding hydrogens is 267 g/mol. The van der Waals surface area contributed by atoms with Crippen LogP contribution in [0.15, 0.2) is 10.7 Å². The minimum atomic E-state index is -0.501. The Hall–Kier alpha value is -0.190. The van der Waals surface area contributed by atoms with E-state index in [9.17, 15) is 0 Å². The Bertz CT molecular complexity index is 331. The quantitative estimate of drug-likeness (QED) is 0.797. The van der Waals surface area contributed by atoms with Crippen molar-refractivity contribution in [3.63, 3.8) is 0 Å². The van der Waals surface area contributed by atoms with Crippen LogP contribution in [-0.4, -0.2) is 16.6 Å². The fourth-order valence-electron chi connectivity index (χ4n) is 1.06. The number of rotatable bonds is 3. The molecule has 1 aromatic heterocycles. The van der Waals surface area contributed by atoms with Gasteiger partial charge in [-0.3, -0.25) is 0 Å². The van der Waals surface area contributed by atoms with E-state index in [2.05, 4.69) is 25.9 Å². The van der Waals surface area contributed by atoms with E-state index in [1.165, 1.54) is 0 Å². The first-order valence-electron chi connectivity index (χ1n) is 4.30. The number of hydrogen-bond acceptors (Lipinski definition) is 3. The number of halogens is 2. The normalized spacial score (nSPS) is 11.8. The Morgan fingerprint density at radius 2 is 2.21 bits per heavy atom. The zero-order chi connectivity index (χ0) is 10.8. The summed E-state index contributed by atoms with van der Waals surface area (Å²) < 4.78 is 6.20.